The second-order valence-electron chi connectivity index (χ2n) is 10.4. The quantitative estimate of drug-likeness (QED) is 0.693. The summed E-state index contributed by atoms with van der Waals surface area (Å²) in [7, 11) is -3.19. The van der Waals surface area contributed by atoms with Crippen molar-refractivity contribution in [2.45, 2.75) is 55.1 Å². The number of aromatic amines is 1. The molecule has 4 aliphatic rings. The van der Waals surface area contributed by atoms with E-state index in [0.717, 1.165) is 43.1 Å². The summed E-state index contributed by atoms with van der Waals surface area (Å²) >= 11 is 0. The fraction of sp³-hybridized carbons (Fsp3) is 0.609. The van der Waals surface area contributed by atoms with Crippen LogP contribution in [0.3, 0.4) is 0 Å². The Hall–Kier alpha value is -2.46. The minimum absolute atomic E-state index is 0.0268. The van der Waals surface area contributed by atoms with Crippen LogP contribution in [0.5, 0.6) is 0 Å². The van der Waals surface area contributed by atoms with Gasteiger partial charge in [0.15, 0.2) is 9.84 Å². The van der Waals surface area contributed by atoms with Crippen molar-refractivity contribution in [1.29, 1.82) is 0 Å². The fourth-order valence-corrected chi connectivity index (χ4v) is 5.93. The van der Waals surface area contributed by atoms with Crippen LogP contribution in [0.1, 0.15) is 54.7 Å². The number of carbonyl (C=O) groups is 1. The van der Waals surface area contributed by atoms with E-state index in [1.54, 1.807) is 24.3 Å². The van der Waals surface area contributed by atoms with E-state index in [0.29, 0.717) is 36.4 Å². The molecule has 1 aromatic heterocycles. The van der Waals surface area contributed by atoms with Crippen molar-refractivity contribution in [2.75, 3.05) is 32.4 Å². The first kappa shape index (κ1) is 21.1. The number of likely N-dealkylation sites (tertiary alicyclic amines) is 2. The molecule has 1 aromatic carbocycles. The Labute approximate surface area is 193 Å². The standard InChI is InChI=1S/C23H29N5O4S/c1-33(30,31)19-6-2-15(3-7-19)12-32-18-10-27(11-18)22(29)28-13-23(14-28)8-17(9-23)21-24-20(25-26-21)16-4-5-16/h2-3,6-7,16-18H,4-5,8-14H2,1H3,(H,24,25,26). The number of hydrogen-bond donors (Lipinski definition) is 1. The van der Waals surface area contributed by atoms with E-state index in [1.165, 1.54) is 19.1 Å². The summed E-state index contributed by atoms with van der Waals surface area (Å²) in [6.07, 6.45) is 5.84. The number of amides is 2. The van der Waals surface area contributed by atoms with Crippen LogP contribution in [0, 0.1) is 5.41 Å². The molecule has 176 valence electrons. The summed E-state index contributed by atoms with van der Waals surface area (Å²) in [5.41, 5.74) is 1.19. The molecule has 3 heterocycles. The second kappa shape index (κ2) is 7.53. The highest BCUT2D eigenvalue weighted by molar-refractivity contribution is 7.90. The minimum atomic E-state index is -3.19. The highest BCUT2D eigenvalue weighted by atomic mass is 32.2. The Bertz CT molecular complexity index is 1150. The summed E-state index contributed by atoms with van der Waals surface area (Å²) in [5, 5.41) is 8.66. The number of hydrogen-bond acceptors (Lipinski definition) is 6. The van der Waals surface area contributed by atoms with Gasteiger partial charge in [0, 0.05) is 36.6 Å². The lowest BCUT2D eigenvalue weighted by atomic mass is 9.57. The Kier molecular flexibility index (Phi) is 4.81. The van der Waals surface area contributed by atoms with Crippen molar-refractivity contribution in [1.82, 2.24) is 25.0 Å². The maximum Gasteiger partial charge on any atom is 0.320 e. The Morgan fingerprint density at radius 3 is 2.30 bits per heavy atom. The van der Waals surface area contributed by atoms with Gasteiger partial charge in [0.05, 0.1) is 30.7 Å². The molecule has 2 aliphatic heterocycles. The lowest BCUT2D eigenvalue weighted by Gasteiger charge is -2.59. The van der Waals surface area contributed by atoms with E-state index in [9.17, 15) is 13.2 Å². The number of sulfone groups is 1. The van der Waals surface area contributed by atoms with Crippen LogP contribution in [-0.4, -0.2) is 78.0 Å². The van der Waals surface area contributed by atoms with Crippen molar-refractivity contribution < 1.29 is 17.9 Å². The lowest BCUT2D eigenvalue weighted by Crippen LogP contribution is -2.68. The minimum Gasteiger partial charge on any atom is -0.370 e. The van der Waals surface area contributed by atoms with Gasteiger partial charge in [-0.15, -0.1) is 10.2 Å². The van der Waals surface area contributed by atoms with Crippen molar-refractivity contribution in [3.05, 3.63) is 41.5 Å². The zero-order valence-corrected chi connectivity index (χ0v) is 19.6. The van der Waals surface area contributed by atoms with Crippen molar-refractivity contribution in [3.63, 3.8) is 0 Å². The zero-order chi connectivity index (χ0) is 22.8. The summed E-state index contributed by atoms with van der Waals surface area (Å²) in [4.78, 5) is 20.3. The van der Waals surface area contributed by atoms with Crippen LogP contribution in [0.15, 0.2) is 29.2 Å². The number of carbonyl (C=O) groups excluding carboxylic acids is 1. The molecule has 10 heteroatoms. The number of aromatic nitrogens is 3. The van der Waals surface area contributed by atoms with Crippen molar-refractivity contribution in [2.24, 2.45) is 5.41 Å². The smallest absolute Gasteiger partial charge is 0.320 e. The SMILES string of the molecule is CS(=O)(=O)c1ccc(COC2CN(C(=O)N3CC4(CC(c5nnc(C6CC6)[nH]5)C4)C3)C2)cc1. The van der Waals surface area contributed by atoms with E-state index in [4.69, 9.17) is 4.74 Å². The Morgan fingerprint density at radius 1 is 1.06 bits per heavy atom. The van der Waals surface area contributed by atoms with Gasteiger partial charge in [-0.25, -0.2) is 13.2 Å². The molecule has 2 saturated carbocycles. The summed E-state index contributed by atoms with van der Waals surface area (Å²) < 4.78 is 29.0. The van der Waals surface area contributed by atoms with Gasteiger partial charge in [-0.3, -0.25) is 0 Å². The van der Waals surface area contributed by atoms with Gasteiger partial charge in [-0.05, 0) is 43.4 Å². The molecule has 4 fully saturated rings. The van der Waals surface area contributed by atoms with Crippen LogP contribution < -0.4 is 0 Å². The first-order chi connectivity index (χ1) is 15.8. The third-order valence-corrected chi connectivity index (χ3v) is 8.64. The molecular weight excluding hydrogens is 442 g/mol. The zero-order valence-electron chi connectivity index (χ0n) is 18.7. The van der Waals surface area contributed by atoms with E-state index < -0.39 is 9.84 Å². The normalized spacial score (nSPS) is 22.7. The number of rotatable bonds is 6. The highest BCUT2D eigenvalue weighted by Gasteiger charge is 2.56. The molecule has 0 radical (unpaired) electrons. The monoisotopic (exact) mass is 471 g/mol. The maximum absolute atomic E-state index is 12.7. The van der Waals surface area contributed by atoms with Gasteiger partial charge >= 0.3 is 6.03 Å². The lowest BCUT2D eigenvalue weighted by molar-refractivity contribution is -0.0827. The van der Waals surface area contributed by atoms with Crippen LogP contribution in [-0.2, 0) is 21.2 Å². The molecule has 2 amide bonds. The number of nitrogens with one attached hydrogen (secondary N) is 1. The van der Waals surface area contributed by atoms with E-state index in [2.05, 4.69) is 15.2 Å². The predicted octanol–water partition coefficient (Wildman–Crippen LogP) is 2.29. The van der Waals surface area contributed by atoms with Gasteiger partial charge in [0.25, 0.3) is 0 Å². The van der Waals surface area contributed by atoms with E-state index in [1.807, 2.05) is 9.80 Å². The fourth-order valence-electron chi connectivity index (χ4n) is 5.30. The molecule has 2 aromatic rings. The van der Waals surface area contributed by atoms with Crippen LogP contribution in [0.2, 0.25) is 0 Å². The first-order valence-corrected chi connectivity index (χ1v) is 13.5. The third-order valence-electron chi connectivity index (χ3n) is 7.51. The molecule has 0 atom stereocenters. The molecule has 2 aliphatic carbocycles. The maximum atomic E-state index is 12.7. The van der Waals surface area contributed by atoms with Gasteiger partial charge in [-0.1, -0.05) is 12.1 Å². The van der Waals surface area contributed by atoms with Gasteiger partial charge in [0.1, 0.15) is 11.6 Å². The topological polar surface area (TPSA) is 108 Å². The Morgan fingerprint density at radius 2 is 1.70 bits per heavy atom. The van der Waals surface area contributed by atoms with Crippen LogP contribution in [0.4, 0.5) is 4.79 Å². The summed E-state index contributed by atoms with van der Waals surface area (Å²) in [5.74, 6) is 3.13. The van der Waals surface area contributed by atoms with Crippen LogP contribution >= 0.6 is 0 Å². The average Bonchev–Trinajstić information content (AvgIpc) is 3.42. The van der Waals surface area contributed by atoms with Gasteiger partial charge in [-0.2, -0.15) is 0 Å². The van der Waals surface area contributed by atoms with Crippen molar-refractivity contribution >= 4 is 15.9 Å². The van der Waals surface area contributed by atoms with Crippen molar-refractivity contribution in [3.8, 4) is 0 Å². The molecule has 0 unspecified atom stereocenters. The molecule has 1 spiro atoms. The van der Waals surface area contributed by atoms with Gasteiger partial charge in [0.2, 0.25) is 0 Å². The number of ether oxygens (including phenoxy) is 1. The number of nitrogens with zero attached hydrogens (tertiary/aromatic N) is 4. The number of urea groups is 1. The Balaban J connectivity index is 0.913. The average molecular weight is 472 g/mol. The number of H-pyrrole nitrogens is 1. The summed E-state index contributed by atoms with van der Waals surface area (Å²) in [6.45, 7) is 3.29. The van der Waals surface area contributed by atoms with Gasteiger partial charge < -0.3 is 19.5 Å². The molecule has 1 N–H and O–H groups in total. The second-order valence-corrected chi connectivity index (χ2v) is 12.4. The third kappa shape index (κ3) is 4.03. The molecule has 6 rings (SSSR count). The molecular formula is C23H29N5O4S. The van der Waals surface area contributed by atoms with E-state index >= 15 is 0 Å². The molecule has 0 bridgehead atoms. The predicted molar refractivity (Wildman–Crippen MR) is 119 cm³/mol. The highest BCUT2D eigenvalue weighted by Crippen LogP contribution is 2.55. The molecule has 9 nitrogen and oxygen atoms in total. The largest absolute Gasteiger partial charge is 0.370 e. The molecule has 33 heavy (non-hydrogen) atoms. The number of benzene rings is 1. The first-order valence-electron chi connectivity index (χ1n) is 11.6. The summed E-state index contributed by atoms with van der Waals surface area (Å²) in [6, 6.07) is 6.86. The van der Waals surface area contributed by atoms with E-state index in [-0.39, 0.29) is 17.6 Å². The van der Waals surface area contributed by atoms with Crippen LogP contribution in [0.25, 0.3) is 0 Å². The molecule has 2 saturated heterocycles.